The lowest BCUT2D eigenvalue weighted by Gasteiger charge is -2.58. The van der Waals surface area contributed by atoms with Gasteiger partial charge in [-0.05, 0) is 63.4 Å². The number of esters is 1. The lowest BCUT2D eigenvalue weighted by Crippen LogP contribution is -2.58. The number of aromatic nitrogens is 1. The predicted molar refractivity (Wildman–Crippen MR) is 100 cm³/mol. The Kier molecular flexibility index (Phi) is 3.57. The quantitative estimate of drug-likeness (QED) is 0.640. The molecule has 0 unspecified atom stereocenters. The minimum Gasteiger partial charge on any atom is -0.457 e. The molecule has 0 amide bonds. The minimum atomic E-state index is -0.708. The molecule has 2 N–H and O–H groups in total. The Hall–Kier alpha value is -2.14. The van der Waals surface area contributed by atoms with Crippen molar-refractivity contribution in [1.29, 1.82) is 0 Å². The summed E-state index contributed by atoms with van der Waals surface area (Å²) in [5.74, 6) is 0.355. The summed E-state index contributed by atoms with van der Waals surface area (Å²) in [6.45, 7) is 1.63. The number of rotatable bonds is 4. The summed E-state index contributed by atoms with van der Waals surface area (Å²) in [6.07, 6.45) is 4.82. The monoisotopic (exact) mass is 367 g/mol. The summed E-state index contributed by atoms with van der Waals surface area (Å²) in [5.41, 5.74) is 1.01. The van der Waals surface area contributed by atoms with Crippen molar-refractivity contribution >= 4 is 22.7 Å². The zero-order valence-electron chi connectivity index (χ0n) is 15.6. The topological polar surface area (TPSA) is 79.4 Å². The first-order valence-corrected chi connectivity index (χ1v) is 9.88. The van der Waals surface area contributed by atoms with Gasteiger partial charge in [-0.3, -0.25) is 9.59 Å². The molecular formula is C22H25NO4. The van der Waals surface area contributed by atoms with Crippen molar-refractivity contribution in [1.82, 2.24) is 4.98 Å². The highest BCUT2D eigenvalue weighted by molar-refractivity contribution is 6.10. The molecule has 0 radical (unpaired) electrons. The van der Waals surface area contributed by atoms with Crippen LogP contribution in [0.25, 0.3) is 10.9 Å². The number of hydrogen-bond donors (Lipinski definition) is 2. The third kappa shape index (κ3) is 2.63. The minimum absolute atomic E-state index is 0.179. The number of fused-ring (bicyclic) bond motifs is 1. The molecule has 4 aliphatic carbocycles. The molecule has 1 aromatic heterocycles. The number of para-hydroxylation sites is 1. The van der Waals surface area contributed by atoms with Crippen LogP contribution in [-0.2, 0) is 9.53 Å². The van der Waals surface area contributed by atoms with E-state index in [2.05, 4.69) is 4.98 Å². The van der Waals surface area contributed by atoms with E-state index in [1.165, 1.54) is 0 Å². The third-order valence-corrected chi connectivity index (χ3v) is 6.97. The van der Waals surface area contributed by atoms with Gasteiger partial charge in [0.2, 0.25) is 5.78 Å². The van der Waals surface area contributed by atoms with E-state index in [1.807, 2.05) is 31.2 Å². The van der Waals surface area contributed by atoms with Crippen molar-refractivity contribution in [3.63, 3.8) is 0 Å². The standard InChI is InChI=1S/C22H25NO4/c1-13-19(16-4-2-3-5-17(16)23-13)18(24)11-27-20(25)21-7-14-6-15(8-21)10-22(26,9-14)12-21/h2-5,14-15,23,26H,6-12H2,1H3/t14-,15-,21?,22?/m1/s1. The van der Waals surface area contributed by atoms with E-state index in [9.17, 15) is 14.7 Å². The average Bonchev–Trinajstić information content (AvgIpc) is 2.93. The van der Waals surface area contributed by atoms with Crippen molar-refractivity contribution in [2.24, 2.45) is 17.3 Å². The third-order valence-electron chi connectivity index (χ3n) is 6.97. The number of hydrogen-bond acceptors (Lipinski definition) is 4. The van der Waals surface area contributed by atoms with Gasteiger partial charge in [-0.1, -0.05) is 18.2 Å². The summed E-state index contributed by atoms with van der Waals surface area (Å²) in [5, 5.41) is 11.7. The number of aryl methyl sites for hydroxylation is 1. The van der Waals surface area contributed by atoms with Crippen molar-refractivity contribution in [3.05, 3.63) is 35.5 Å². The molecule has 0 spiro atoms. The number of aliphatic hydroxyl groups is 1. The first kappa shape index (κ1) is 17.0. The number of ketones is 1. The van der Waals surface area contributed by atoms with Gasteiger partial charge in [0.05, 0.1) is 11.0 Å². The van der Waals surface area contributed by atoms with Crippen LogP contribution in [0.1, 0.15) is 54.6 Å². The Labute approximate surface area is 158 Å². The number of H-pyrrole nitrogens is 1. The van der Waals surface area contributed by atoms with Crippen molar-refractivity contribution in [3.8, 4) is 0 Å². The maximum Gasteiger partial charge on any atom is 0.312 e. The van der Waals surface area contributed by atoms with Crippen LogP contribution in [0.5, 0.6) is 0 Å². The van der Waals surface area contributed by atoms with Crippen LogP contribution in [0.3, 0.4) is 0 Å². The van der Waals surface area contributed by atoms with Crippen molar-refractivity contribution in [2.45, 2.75) is 51.0 Å². The fraction of sp³-hybridized carbons (Fsp3) is 0.545. The number of carbonyl (C=O) groups is 2. The van der Waals surface area contributed by atoms with Crippen LogP contribution in [-0.4, -0.2) is 34.1 Å². The number of nitrogens with one attached hydrogen (secondary N) is 1. The Balaban J connectivity index is 1.33. The molecule has 2 aromatic rings. The van der Waals surface area contributed by atoms with Gasteiger partial charge in [0.15, 0.2) is 6.61 Å². The van der Waals surface area contributed by atoms with Gasteiger partial charge in [0, 0.05) is 22.2 Å². The molecule has 27 heavy (non-hydrogen) atoms. The number of carbonyl (C=O) groups excluding carboxylic acids is 2. The lowest BCUT2D eigenvalue weighted by molar-refractivity contribution is -0.195. The van der Waals surface area contributed by atoms with E-state index in [-0.39, 0.29) is 18.4 Å². The molecule has 5 heteroatoms. The van der Waals surface area contributed by atoms with Crippen LogP contribution in [0, 0.1) is 24.2 Å². The SMILES string of the molecule is Cc1[nH]c2ccccc2c1C(=O)COC(=O)C12C[C@H]3C[C@@H](CC(O)(C3)C1)C2. The second-order valence-electron chi connectivity index (χ2n) is 9.14. The smallest absolute Gasteiger partial charge is 0.312 e. The van der Waals surface area contributed by atoms with E-state index in [0.717, 1.165) is 48.7 Å². The van der Waals surface area contributed by atoms with E-state index in [1.54, 1.807) is 0 Å². The molecule has 0 saturated heterocycles. The molecule has 5 nitrogen and oxygen atoms in total. The van der Waals surface area contributed by atoms with Gasteiger partial charge in [0.1, 0.15) is 0 Å². The zero-order chi connectivity index (χ0) is 18.8. The number of aromatic amines is 1. The lowest BCUT2D eigenvalue weighted by atomic mass is 9.48. The highest BCUT2D eigenvalue weighted by Crippen LogP contribution is 2.61. The van der Waals surface area contributed by atoms with E-state index < -0.39 is 11.0 Å². The summed E-state index contributed by atoms with van der Waals surface area (Å²) in [7, 11) is 0. The van der Waals surface area contributed by atoms with Gasteiger partial charge in [-0.2, -0.15) is 0 Å². The summed E-state index contributed by atoms with van der Waals surface area (Å²) >= 11 is 0. The Morgan fingerprint density at radius 1 is 1.19 bits per heavy atom. The molecule has 2 atom stereocenters. The summed E-state index contributed by atoms with van der Waals surface area (Å²) in [6, 6.07) is 7.66. The molecule has 6 rings (SSSR count). The maximum absolute atomic E-state index is 13.0. The Bertz CT molecular complexity index is 929. The van der Waals surface area contributed by atoms with Crippen LogP contribution < -0.4 is 0 Å². The molecule has 4 saturated carbocycles. The van der Waals surface area contributed by atoms with Gasteiger partial charge >= 0.3 is 5.97 Å². The largest absolute Gasteiger partial charge is 0.457 e. The first-order chi connectivity index (χ1) is 12.9. The fourth-order valence-corrected chi connectivity index (χ4v) is 6.45. The molecule has 4 bridgehead atoms. The molecular weight excluding hydrogens is 342 g/mol. The van der Waals surface area contributed by atoms with Gasteiger partial charge in [-0.25, -0.2) is 0 Å². The maximum atomic E-state index is 13.0. The summed E-state index contributed by atoms with van der Waals surface area (Å²) < 4.78 is 5.55. The molecule has 1 heterocycles. The van der Waals surface area contributed by atoms with Crippen LogP contribution in [0.15, 0.2) is 24.3 Å². The fourth-order valence-electron chi connectivity index (χ4n) is 6.45. The average molecular weight is 367 g/mol. The van der Waals surface area contributed by atoms with Crippen LogP contribution >= 0.6 is 0 Å². The summed E-state index contributed by atoms with van der Waals surface area (Å²) in [4.78, 5) is 29.0. The molecule has 0 aliphatic heterocycles. The van der Waals surface area contributed by atoms with Gasteiger partial charge < -0.3 is 14.8 Å². The van der Waals surface area contributed by atoms with E-state index in [4.69, 9.17) is 4.74 Å². The Morgan fingerprint density at radius 2 is 1.89 bits per heavy atom. The highest BCUT2D eigenvalue weighted by Gasteiger charge is 2.60. The molecule has 4 aliphatic rings. The van der Waals surface area contributed by atoms with Gasteiger partial charge in [0.25, 0.3) is 0 Å². The molecule has 4 fully saturated rings. The zero-order valence-corrected chi connectivity index (χ0v) is 15.6. The number of ether oxygens (including phenoxy) is 1. The van der Waals surface area contributed by atoms with Crippen molar-refractivity contribution in [2.75, 3.05) is 6.61 Å². The molecule has 1 aromatic carbocycles. The highest BCUT2D eigenvalue weighted by atomic mass is 16.5. The normalized spacial score (nSPS) is 34.1. The second-order valence-corrected chi connectivity index (χ2v) is 9.14. The second kappa shape index (κ2) is 5.68. The van der Waals surface area contributed by atoms with E-state index in [0.29, 0.717) is 23.8 Å². The van der Waals surface area contributed by atoms with Crippen LogP contribution in [0.4, 0.5) is 0 Å². The predicted octanol–water partition coefficient (Wildman–Crippen LogP) is 3.53. The van der Waals surface area contributed by atoms with Gasteiger partial charge in [-0.15, -0.1) is 0 Å². The van der Waals surface area contributed by atoms with Crippen molar-refractivity contribution < 1.29 is 19.4 Å². The first-order valence-electron chi connectivity index (χ1n) is 9.88. The molecule has 142 valence electrons. The Morgan fingerprint density at radius 3 is 2.59 bits per heavy atom. The number of Topliss-reactive ketones (excluding diaryl/α,β-unsaturated/α-hetero) is 1. The van der Waals surface area contributed by atoms with E-state index >= 15 is 0 Å². The van der Waals surface area contributed by atoms with Crippen LogP contribution in [0.2, 0.25) is 0 Å². The number of benzene rings is 1.